The average molecular weight is 210 g/mol. The Hall–Kier alpha value is -1.11. The number of hydrogen-bond acceptors (Lipinski definition) is 2. The zero-order valence-electron chi connectivity index (χ0n) is 8.38. The highest BCUT2D eigenvalue weighted by molar-refractivity contribution is 8.60. The third-order valence-electron chi connectivity index (χ3n) is 1.12. The van der Waals surface area contributed by atoms with Gasteiger partial charge in [-0.15, -0.1) is 0 Å². The second-order valence-electron chi connectivity index (χ2n) is 5.12. The Morgan fingerprint density at radius 1 is 0.923 bits per heavy atom. The predicted octanol–water partition coefficient (Wildman–Crippen LogP) is -0.452. The summed E-state index contributed by atoms with van der Waals surface area (Å²) >= 11 is 0. The smallest absolute Gasteiger partial charge is 0.320 e. The van der Waals surface area contributed by atoms with Gasteiger partial charge in [0.2, 0.25) is 0 Å². The first-order valence-corrected chi connectivity index (χ1v) is 7.61. The number of carbonyl (C=O) groups is 2. The molecule has 0 aliphatic rings. The minimum atomic E-state index is -3.18. The van der Waals surface area contributed by atoms with Crippen LogP contribution in [-0.2, 0) is 0 Å². The van der Waals surface area contributed by atoms with Crippen molar-refractivity contribution in [2.24, 2.45) is 11.5 Å². The van der Waals surface area contributed by atoms with Gasteiger partial charge in [-0.1, -0.05) is 0 Å². The Bertz CT molecular complexity index is 243. The van der Waals surface area contributed by atoms with E-state index in [4.69, 9.17) is 11.5 Å². The first-order valence-electron chi connectivity index (χ1n) is 3.53. The fraction of sp³-hybridized carbons (Fsp3) is 0.667. The van der Waals surface area contributed by atoms with Crippen LogP contribution in [0.1, 0.15) is 0 Å². The second kappa shape index (κ2) is 2.22. The predicted molar refractivity (Wildman–Crippen MR) is 56.7 cm³/mol. The molecular formula is C6H18N4O2S. The number of nitrogens with two attached hydrogens (primary N) is 2. The second-order valence-corrected chi connectivity index (χ2v) is 13.9. The summed E-state index contributed by atoms with van der Waals surface area (Å²) in [6.45, 7) is 0. The molecule has 0 radical (unpaired) electrons. The lowest BCUT2D eigenvalue weighted by Gasteiger charge is -2.69. The van der Waals surface area contributed by atoms with E-state index in [1.807, 2.05) is 0 Å². The lowest BCUT2D eigenvalue weighted by atomic mass is 11.2. The minimum Gasteiger partial charge on any atom is -0.351 e. The van der Waals surface area contributed by atoms with Crippen molar-refractivity contribution >= 4 is 20.7 Å². The molecule has 0 aliphatic heterocycles. The Morgan fingerprint density at radius 2 is 1.15 bits per heavy atom. The van der Waals surface area contributed by atoms with E-state index < -0.39 is 20.7 Å². The molecule has 0 spiro atoms. The Kier molecular flexibility index (Phi) is 2.03. The van der Waals surface area contributed by atoms with Gasteiger partial charge in [-0.25, -0.2) is 9.59 Å². The third kappa shape index (κ3) is 5.18. The van der Waals surface area contributed by atoms with Crippen LogP contribution in [0.2, 0.25) is 0 Å². The summed E-state index contributed by atoms with van der Waals surface area (Å²) in [6.07, 6.45) is 6.87. The van der Waals surface area contributed by atoms with Crippen molar-refractivity contribution in [3.8, 4) is 0 Å². The van der Waals surface area contributed by atoms with Crippen LogP contribution in [0.4, 0.5) is 9.59 Å². The van der Waals surface area contributed by atoms with Crippen LogP contribution < -0.4 is 20.9 Å². The van der Waals surface area contributed by atoms with Crippen molar-refractivity contribution in [1.82, 2.24) is 9.44 Å². The van der Waals surface area contributed by atoms with Gasteiger partial charge < -0.3 is 20.9 Å². The molecular weight excluding hydrogens is 192 g/mol. The number of amides is 4. The maximum Gasteiger partial charge on any atom is 0.320 e. The summed E-state index contributed by atoms with van der Waals surface area (Å²) in [7, 11) is -3.18. The summed E-state index contributed by atoms with van der Waals surface area (Å²) in [5.74, 6) is 0. The van der Waals surface area contributed by atoms with Crippen molar-refractivity contribution in [2.75, 3.05) is 25.0 Å². The summed E-state index contributed by atoms with van der Waals surface area (Å²) < 4.78 is 5.10. The Morgan fingerprint density at radius 3 is 1.31 bits per heavy atom. The fourth-order valence-electron chi connectivity index (χ4n) is 0.931. The van der Waals surface area contributed by atoms with E-state index in [2.05, 4.69) is 9.44 Å². The number of nitrogens with one attached hydrogen (secondary N) is 2. The standard InChI is InChI=1S/C6H18N4O2S/c1-13(2,3,4,9-5(7)11)10-6(8)12/h1-4H3,(H3,7,9,11)(H3,8,10,12). The molecule has 0 heterocycles. The van der Waals surface area contributed by atoms with E-state index in [9.17, 15) is 9.59 Å². The first-order chi connectivity index (χ1) is 5.34. The third-order valence-corrected chi connectivity index (χ3v) is 3.36. The minimum absolute atomic E-state index is 0.689. The topological polar surface area (TPSA) is 110 Å². The van der Waals surface area contributed by atoms with E-state index >= 15 is 0 Å². The zero-order valence-corrected chi connectivity index (χ0v) is 9.20. The average Bonchev–Trinajstić information content (AvgIpc) is 1.47. The van der Waals surface area contributed by atoms with Gasteiger partial charge in [0.05, 0.1) is 0 Å². The van der Waals surface area contributed by atoms with Crippen LogP contribution in [0.3, 0.4) is 0 Å². The molecule has 6 nitrogen and oxygen atoms in total. The van der Waals surface area contributed by atoms with Gasteiger partial charge in [0, 0.05) is 0 Å². The molecule has 0 saturated carbocycles. The highest BCUT2D eigenvalue weighted by Crippen LogP contribution is 2.70. The molecule has 0 aromatic heterocycles. The SMILES string of the molecule is CS(C)(C)(C)(NC(N)=O)NC(N)=O. The van der Waals surface area contributed by atoms with Gasteiger partial charge >= 0.3 is 12.1 Å². The zero-order chi connectivity index (χ0) is 11.0. The molecule has 0 aliphatic carbocycles. The van der Waals surface area contributed by atoms with Gasteiger partial charge in [-0.3, -0.25) is 0 Å². The number of urea groups is 2. The molecule has 80 valence electrons. The largest absolute Gasteiger partial charge is 0.351 e. The van der Waals surface area contributed by atoms with Crippen molar-refractivity contribution in [3.63, 3.8) is 0 Å². The van der Waals surface area contributed by atoms with E-state index in [1.54, 1.807) is 25.0 Å². The molecule has 6 N–H and O–H groups in total. The highest BCUT2D eigenvalue weighted by Gasteiger charge is 2.43. The normalized spacial score (nSPS) is 16.6. The van der Waals surface area contributed by atoms with E-state index in [1.165, 1.54) is 0 Å². The molecule has 0 bridgehead atoms. The van der Waals surface area contributed by atoms with E-state index in [0.29, 0.717) is 0 Å². The number of primary amides is 2. The van der Waals surface area contributed by atoms with Crippen LogP contribution in [0.25, 0.3) is 0 Å². The molecule has 13 heavy (non-hydrogen) atoms. The van der Waals surface area contributed by atoms with Crippen molar-refractivity contribution in [2.45, 2.75) is 0 Å². The van der Waals surface area contributed by atoms with Crippen LogP contribution in [0.15, 0.2) is 0 Å². The van der Waals surface area contributed by atoms with Crippen LogP contribution >= 0.6 is 8.67 Å². The molecule has 0 atom stereocenters. The number of hydrogen-bond donors (Lipinski definition) is 4. The lowest BCUT2D eigenvalue weighted by molar-refractivity contribution is 0.252. The lowest BCUT2D eigenvalue weighted by Crippen LogP contribution is -2.61. The molecule has 0 unspecified atom stereocenters. The highest BCUT2D eigenvalue weighted by atomic mass is 32.4. The number of rotatable bonds is 2. The maximum atomic E-state index is 10.8. The van der Waals surface area contributed by atoms with E-state index in [0.717, 1.165) is 0 Å². The van der Waals surface area contributed by atoms with Gasteiger partial charge in [-0.2, -0.15) is 8.67 Å². The van der Waals surface area contributed by atoms with Gasteiger partial charge in [0.1, 0.15) is 0 Å². The molecule has 7 heteroatoms. The molecule has 0 aromatic rings. The molecule has 0 aromatic carbocycles. The quantitative estimate of drug-likeness (QED) is 0.495. The molecule has 4 amide bonds. The van der Waals surface area contributed by atoms with E-state index in [-0.39, 0.29) is 0 Å². The molecule has 0 fully saturated rings. The van der Waals surface area contributed by atoms with Gasteiger partial charge in [0.25, 0.3) is 0 Å². The fourth-order valence-corrected chi connectivity index (χ4v) is 2.79. The van der Waals surface area contributed by atoms with Crippen molar-refractivity contribution < 1.29 is 9.59 Å². The van der Waals surface area contributed by atoms with Crippen LogP contribution in [-0.4, -0.2) is 37.1 Å². The molecule has 0 saturated heterocycles. The van der Waals surface area contributed by atoms with Crippen LogP contribution in [0, 0.1) is 0 Å². The maximum absolute atomic E-state index is 10.8. The Balaban J connectivity index is 5.00. The Labute approximate surface area is 76.9 Å². The monoisotopic (exact) mass is 210 g/mol. The van der Waals surface area contributed by atoms with Crippen molar-refractivity contribution in [3.05, 3.63) is 0 Å². The summed E-state index contributed by atoms with van der Waals surface area (Å²) in [4.78, 5) is 21.5. The number of carbonyl (C=O) groups excluding carboxylic acids is 2. The van der Waals surface area contributed by atoms with Crippen LogP contribution in [0.5, 0.6) is 0 Å². The van der Waals surface area contributed by atoms with Gasteiger partial charge in [0.15, 0.2) is 0 Å². The first kappa shape index (κ1) is 11.9. The van der Waals surface area contributed by atoms with Crippen molar-refractivity contribution in [1.29, 1.82) is 0 Å². The summed E-state index contributed by atoms with van der Waals surface area (Å²) in [5.41, 5.74) is 10.0. The molecule has 0 rings (SSSR count). The van der Waals surface area contributed by atoms with Gasteiger partial charge in [-0.05, 0) is 25.0 Å². The summed E-state index contributed by atoms with van der Waals surface area (Å²) in [6, 6.07) is -1.38. The summed E-state index contributed by atoms with van der Waals surface area (Å²) in [5, 5.41) is 0.